The van der Waals surface area contributed by atoms with Gasteiger partial charge in [0.25, 0.3) is 0 Å². The van der Waals surface area contributed by atoms with E-state index in [9.17, 15) is 13.2 Å². The Morgan fingerprint density at radius 1 is 1.41 bits per heavy atom. The van der Waals surface area contributed by atoms with Gasteiger partial charge in [-0.2, -0.15) is 13.2 Å². The quantitative estimate of drug-likeness (QED) is 0.666. The number of guanidine groups is 1. The van der Waals surface area contributed by atoms with Gasteiger partial charge in [-0.25, -0.2) is 4.98 Å². The van der Waals surface area contributed by atoms with Gasteiger partial charge in [-0.3, -0.25) is 4.99 Å². The second-order valence-electron chi connectivity index (χ2n) is 6.55. The third-order valence-electron chi connectivity index (χ3n) is 4.59. The van der Waals surface area contributed by atoms with E-state index in [0.29, 0.717) is 11.0 Å². The smallest absolute Gasteiger partial charge is 0.350 e. The first kappa shape index (κ1) is 17.1. The summed E-state index contributed by atoms with van der Waals surface area (Å²) in [7, 11) is 1.67. The Hall–Kier alpha value is -1.31. The predicted molar refractivity (Wildman–Crippen MR) is 81.9 cm³/mol. The molecule has 1 aromatic heterocycles. The third kappa shape index (κ3) is 2.93. The molecule has 0 amide bonds. The first-order valence-electron chi connectivity index (χ1n) is 6.99. The molecule has 4 nitrogen and oxygen atoms in total. The maximum absolute atomic E-state index is 12.5. The molecule has 1 N–H and O–H groups in total. The van der Waals surface area contributed by atoms with Gasteiger partial charge < -0.3 is 10.2 Å². The summed E-state index contributed by atoms with van der Waals surface area (Å²) in [6, 6.07) is 0. The standard InChI is InChI=1S/C14H21F3N4S/c1-12(2)8-21(13(12,3)4)11(18-5)19-6-10-20-9(7-22-10)14(15,16)17/h7H,6,8H2,1-5H3,(H,18,19). The number of hydrogen-bond acceptors (Lipinski definition) is 3. The monoisotopic (exact) mass is 334 g/mol. The van der Waals surface area contributed by atoms with Gasteiger partial charge in [0.2, 0.25) is 0 Å². The zero-order valence-electron chi connectivity index (χ0n) is 13.4. The summed E-state index contributed by atoms with van der Waals surface area (Å²) in [5.74, 6) is 0.688. The Labute approximate surface area is 132 Å². The van der Waals surface area contributed by atoms with Crippen molar-refractivity contribution in [2.75, 3.05) is 13.6 Å². The van der Waals surface area contributed by atoms with Crippen LogP contribution in [0.2, 0.25) is 0 Å². The number of aliphatic imine (C=N–C) groups is 1. The molecule has 22 heavy (non-hydrogen) atoms. The molecule has 2 heterocycles. The summed E-state index contributed by atoms with van der Waals surface area (Å²) in [4.78, 5) is 9.97. The third-order valence-corrected chi connectivity index (χ3v) is 5.44. The van der Waals surface area contributed by atoms with Crippen molar-refractivity contribution >= 4 is 17.3 Å². The largest absolute Gasteiger partial charge is 0.434 e. The number of likely N-dealkylation sites (tertiary alicyclic amines) is 1. The molecule has 2 rings (SSSR count). The summed E-state index contributed by atoms with van der Waals surface area (Å²) in [6.07, 6.45) is -4.39. The van der Waals surface area contributed by atoms with Crippen LogP contribution >= 0.6 is 11.3 Å². The highest BCUT2D eigenvalue weighted by Crippen LogP contribution is 2.46. The van der Waals surface area contributed by atoms with Crippen LogP contribution in [-0.4, -0.2) is 35.0 Å². The number of halogens is 3. The second-order valence-corrected chi connectivity index (χ2v) is 7.50. The number of aromatic nitrogens is 1. The number of hydrogen-bond donors (Lipinski definition) is 1. The van der Waals surface area contributed by atoms with Crippen LogP contribution in [0.25, 0.3) is 0 Å². The predicted octanol–water partition coefficient (Wildman–Crippen LogP) is 3.36. The molecule has 0 bridgehead atoms. The van der Waals surface area contributed by atoms with E-state index in [1.165, 1.54) is 0 Å². The summed E-state index contributed by atoms with van der Waals surface area (Å²) in [5, 5.41) is 4.53. The van der Waals surface area contributed by atoms with Crippen molar-refractivity contribution in [2.45, 2.75) is 46.0 Å². The highest BCUT2D eigenvalue weighted by molar-refractivity contribution is 7.09. The van der Waals surface area contributed by atoms with Gasteiger partial charge in [-0.05, 0) is 13.8 Å². The first-order chi connectivity index (χ1) is 9.99. The molecule has 1 fully saturated rings. The lowest BCUT2D eigenvalue weighted by Gasteiger charge is -2.62. The highest BCUT2D eigenvalue weighted by atomic mass is 32.1. The Bertz CT molecular complexity index is 575. The minimum atomic E-state index is -4.39. The van der Waals surface area contributed by atoms with Crippen molar-refractivity contribution < 1.29 is 13.2 Å². The fourth-order valence-corrected chi connectivity index (χ4v) is 3.11. The summed E-state index contributed by atoms with van der Waals surface area (Å²) >= 11 is 0.999. The van der Waals surface area contributed by atoms with E-state index in [1.54, 1.807) is 7.05 Å². The zero-order chi connectivity index (χ0) is 16.8. The molecule has 1 saturated heterocycles. The van der Waals surface area contributed by atoms with Crippen molar-refractivity contribution in [3.05, 3.63) is 16.1 Å². The number of alkyl halides is 3. The first-order valence-corrected chi connectivity index (χ1v) is 7.87. The van der Waals surface area contributed by atoms with E-state index in [1.807, 2.05) is 0 Å². The average molecular weight is 334 g/mol. The van der Waals surface area contributed by atoms with E-state index in [2.05, 4.69) is 47.9 Å². The molecule has 0 unspecified atom stereocenters. The van der Waals surface area contributed by atoms with Gasteiger partial charge in [-0.15, -0.1) is 11.3 Å². The van der Waals surface area contributed by atoms with Crippen LogP contribution in [0.4, 0.5) is 13.2 Å². The van der Waals surface area contributed by atoms with Crippen molar-refractivity contribution in [1.82, 2.24) is 15.2 Å². The normalized spacial score (nSPS) is 20.7. The molecular formula is C14H21F3N4S. The summed E-state index contributed by atoms with van der Waals surface area (Å²) in [5.41, 5.74) is -0.737. The number of rotatable bonds is 2. The Balaban J connectivity index is 2.00. The van der Waals surface area contributed by atoms with Crippen LogP contribution in [0.5, 0.6) is 0 Å². The van der Waals surface area contributed by atoms with Crippen molar-refractivity contribution in [3.63, 3.8) is 0 Å². The van der Waals surface area contributed by atoms with E-state index in [-0.39, 0.29) is 17.5 Å². The topological polar surface area (TPSA) is 40.5 Å². The summed E-state index contributed by atoms with van der Waals surface area (Å²) < 4.78 is 37.6. The summed E-state index contributed by atoms with van der Waals surface area (Å²) in [6.45, 7) is 9.73. The molecule has 124 valence electrons. The molecule has 0 saturated carbocycles. The van der Waals surface area contributed by atoms with E-state index in [4.69, 9.17) is 0 Å². The van der Waals surface area contributed by atoms with E-state index < -0.39 is 11.9 Å². The van der Waals surface area contributed by atoms with Crippen molar-refractivity contribution in [1.29, 1.82) is 0 Å². The number of nitrogens with one attached hydrogen (secondary N) is 1. The van der Waals surface area contributed by atoms with E-state index >= 15 is 0 Å². The average Bonchev–Trinajstić information content (AvgIpc) is 2.87. The van der Waals surface area contributed by atoms with Crippen LogP contribution in [-0.2, 0) is 12.7 Å². The van der Waals surface area contributed by atoms with Crippen LogP contribution in [0.1, 0.15) is 38.4 Å². The molecule has 1 aliphatic heterocycles. The lowest BCUT2D eigenvalue weighted by Crippen LogP contribution is -2.72. The molecular weight excluding hydrogens is 313 g/mol. The molecule has 0 radical (unpaired) electrons. The minimum absolute atomic E-state index is 0.0607. The van der Waals surface area contributed by atoms with Gasteiger partial charge in [0.15, 0.2) is 11.7 Å². The molecule has 0 spiro atoms. The van der Waals surface area contributed by atoms with Crippen LogP contribution in [0.3, 0.4) is 0 Å². The Morgan fingerprint density at radius 3 is 2.45 bits per heavy atom. The van der Waals surface area contributed by atoms with Crippen molar-refractivity contribution in [3.8, 4) is 0 Å². The molecule has 1 aliphatic rings. The molecule has 1 aromatic rings. The van der Waals surface area contributed by atoms with Gasteiger partial charge >= 0.3 is 6.18 Å². The van der Waals surface area contributed by atoms with Gasteiger partial charge in [0.1, 0.15) is 5.01 Å². The maximum atomic E-state index is 12.5. The van der Waals surface area contributed by atoms with Crippen molar-refractivity contribution in [2.24, 2.45) is 10.4 Å². The van der Waals surface area contributed by atoms with Gasteiger partial charge in [0, 0.05) is 29.9 Å². The van der Waals surface area contributed by atoms with Gasteiger partial charge in [-0.1, -0.05) is 13.8 Å². The Morgan fingerprint density at radius 2 is 2.05 bits per heavy atom. The number of nitrogens with zero attached hydrogens (tertiary/aromatic N) is 3. The number of thiazole rings is 1. The molecule has 0 atom stereocenters. The fraction of sp³-hybridized carbons (Fsp3) is 0.714. The second kappa shape index (κ2) is 5.40. The lowest BCUT2D eigenvalue weighted by atomic mass is 9.65. The fourth-order valence-electron chi connectivity index (χ4n) is 2.37. The SMILES string of the molecule is CN=C(NCc1nc(C(F)(F)F)cs1)N1CC(C)(C)C1(C)C. The van der Waals surface area contributed by atoms with E-state index in [0.717, 1.165) is 23.3 Å². The van der Waals surface area contributed by atoms with Crippen LogP contribution in [0.15, 0.2) is 10.4 Å². The molecule has 0 aliphatic carbocycles. The highest BCUT2D eigenvalue weighted by Gasteiger charge is 2.53. The lowest BCUT2D eigenvalue weighted by molar-refractivity contribution is -0.140. The zero-order valence-corrected chi connectivity index (χ0v) is 14.2. The van der Waals surface area contributed by atoms with Crippen LogP contribution in [0, 0.1) is 5.41 Å². The molecule has 0 aromatic carbocycles. The minimum Gasteiger partial charge on any atom is -0.350 e. The maximum Gasteiger partial charge on any atom is 0.434 e. The van der Waals surface area contributed by atoms with Gasteiger partial charge in [0.05, 0.1) is 6.54 Å². The molecule has 8 heteroatoms. The van der Waals surface area contributed by atoms with Crippen LogP contribution < -0.4 is 5.32 Å². The Kier molecular flexibility index (Phi) is 4.18.